The van der Waals surface area contributed by atoms with Crippen LogP contribution in [-0.2, 0) is 4.74 Å². The summed E-state index contributed by atoms with van der Waals surface area (Å²) < 4.78 is 10.8. The third-order valence-corrected chi connectivity index (χ3v) is 2.51. The number of hydrogen-bond acceptors (Lipinski definition) is 5. The molecule has 0 amide bonds. The van der Waals surface area contributed by atoms with E-state index >= 15 is 0 Å². The molecule has 1 aromatic heterocycles. The van der Waals surface area contributed by atoms with Gasteiger partial charge in [0.1, 0.15) is 0 Å². The molecule has 0 radical (unpaired) electrons. The molecule has 0 aliphatic carbocycles. The fourth-order valence-electron chi connectivity index (χ4n) is 1.70. The van der Waals surface area contributed by atoms with Crippen LogP contribution in [0.4, 0.5) is 5.69 Å². The average Bonchev–Trinajstić information content (AvgIpc) is 2.67. The molecule has 17 heavy (non-hydrogen) atoms. The number of ether oxygens (including phenoxy) is 2. The molecule has 2 heterocycles. The molecular formula is C12H18N2O3. The van der Waals surface area contributed by atoms with Gasteiger partial charge in [-0.15, -0.1) is 0 Å². The third kappa shape index (κ3) is 3.08. The maximum atomic E-state index is 9.67. The van der Waals surface area contributed by atoms with E-state index in [1.165, 1.54) is 0 Å². The summed E-state index contributed by atoms with van der Waals surface area (Å²) in [6.45, 7) is 4.77. The lowest BCUT2D eigenvalue weighted by atomic mass is 10.2. The first kappa shape index (κ1) is 12.1. The Bertz CT molecular complexity index is 371. The summed E-state index contributed by atoms with van der Waals surface area (Å²) in [7, 11) is 0. The van der Waals surface area contributed by atoms with Crippen molar-refractivity contribution < 1.29 is 14.6 Å². The fourth-order valence-corrected chi connectivity index (χ4v) is 1.70. The van der Waals surface area contributed by atoms with E-state index in [1.54, 1.807) is 6.20 Å². The van der Waals surface area contributed by atoms with Crippen LogP contribution in [0.25, 0.3) is 0 Å². The SMILES string of the molecule is CC(C)Oc1ncccc1NC1COCC1O. The summed E-state index contributed by atoms with van der Waals surface area (Å²) in [6.07, 6.45) is 1.27. The van der Waals surface area contributed by atoms with Crippen LogP contribution >= 0.6 is 0 Å². The van der Waals surface area contributed by atoms with Gasteiger partial charge in [0.15, 0.2) is 0 Å². The van der Waals surface area contributed by atoms with E-state index in [-0.39, 0.29) is 12.1 Å². The summed E-state index contributed by atoms with van der Waals surface area (Å²) in [4.78, 5) is 4.18. The first-order valence-corrected chi connectivity index (χ1v) is 5.81. The molecule has 5 nitrogen and oxygen atoms in total. The fraction of sp³-hybridized carbons (Fsp3) is 0.583. The number of anilines is 1. The third-order valence-electron chi connectivity index (χ3n) is 2.51. The zero-order valence-corrected chi connectivity index (χ0v) is 10.1. The molecule has 0 aromatic carbocycles. The monoisotopic (exact) mass is 238 g/mol. The van der Waals surface area contributed by atoms with E-state index in [0.717, 1.165) is 5.69 Å². The zero-order valence-electron chi connectivity index (χ0n) is 10.1. The molecule has 1 aromatic rings. The highest BCUT2D eigenvalue weighted by atomic mass is 16.5. The van der Waals surface area contributed by atoms with Gasteiger partial charge < -0.3 is 19.9 Å². The van der Waals surface area contributed by atoms with E-state index < -0.39 is 6.10 Å². The smallest absolute Gasteiger partial charge is 0.237 e. The number of aliphatic hydroxyl groups is 1. The second kappa shape index (κ2) is 5.33. The molecule has 94 valence electrons. The summed E-state index contributed by atoms with van der Waals surface area (Å²) in [5, 5.41) is 12.9. The summed E-state index contributed by atoms with van der Waals surface area (Å²) in [6, 6.07) is 3.61. The van der Waals surface area contributed by atoms with Crippen LogP contribution in [-0.4, -0.2) is 41.6 Å². The Hall–Kier alpha value is -1.33. The van der Waals surface area contributed by atoms with Crippen molar-refractivity contribution in [2.24, 2.45) is 0 Å². The van der Waals surface area contributed by atoms with Crippen molar-refractivity contribution in [1.82, 2.24) is 4.98 Å². The number of rotatable bonds is 4. The molecule has 1 saturated heterocycles. The van der Waals surface area contributed by atoms with Crippen molar-refractivity contribution in [2.45, 2.75) is 32.1 Å². The number of nitrogens with one attached hydrogen (secondary N) is 1. The lowest BCUT2D eigenvalue weighted by Crippen LogP contribution is -2.32. The average molecular weight is 238 g/mol. The standard InChI is InChI=1S/C12H18N2O3/c1-8(2)17-12-9(4-3-5-13-12)14-10-6-16-7-11(10)15/h3-5,8,10-11,14-15H,6-7H2,1-2H3. The lowest BCUT2D eigenvalue weighted by Gasteiger charge is -2.19. The number of nitrogens with zero attached hydrogens (tertiary/aromatic N) is 1. The predicted molar refractivity (Wildman–Crippen MR) is 64.2 cm³/mol. The maximum Gasteiger partial charge on any atom is 0.237 e. The van der Waals surface area contributed by atoms with Crippen molar-refractivity contribution in [3.63, 3.8) is 0 Å². The van der Waals surface area contributed by atoms with Gasteiger partial charge in [0, 0.05) is 6.20 Å². The van der Waals surface area contributed by atoms with Crippen molar-refractivity contribution in [1.29, 1.82) is 0 Å². The molecule has 1 aliphatic rings. The van der Waals surface area contributed by atoms with Gasteiger partial charge in [-0.1, -0.05) is 0 Å². The molecule has 0 saturated carbocycles. The van der Waals surface area contributed by atoms with Crippen LogP contribution in [0.2, 0.25) is 0 Å². The maximum absolute atomic E-state index is 9.67. The molecular weight excluding hydrogens is 220 g/mol. The largest absolute Gasteiger partial charge is 0.473 e. The molecule has 1 aliphatic heterocycles. The van der Waals surface area contributed by atoms with Crippen molar-refractivity contribution in [3.05, 3.63) is 18.3 Å². The van der Waals surface area contributed by atoms with Crippen LogP contribution in [0.3, 0.4) is 0 Å². The Morgan fingerprint density at radius 3 is 3.00 bits per heavy atom. The minimum Gasteiger partial charge on any atom is -0.473 e. The summed E-state index contributed by atoms with van der Waals surface area (Å²) in [5.41, 5.74) is 0.788. The van der Waals surface area contributed by atoms with E-state index in [0.29, 0.717) is 19.1 Å². The molecule has 1 fully saturated rings. The molecule has 2 atom stereocenters. The second-order valence-corrected chi connectivity index (χ2v) is 4.38. The van der Waals surface area contributed by atoms with Crippen LogP contribution in [0, 0.1) is 0 Å². The topological polar surface area (TPSA) is 63.6 Å². The second-order valence-electron chi connectivity index (χ2n) is 4.38. The highest BCUT2D eigenvalue weighted by Gasteiger charge is 2.26. The normalized spacial score (nSPS) is 24.0. The van der Waals surface area contributed by atoms with E-state index in [1.807, 2.05) is 26.0 Å². The highest BCUT2D eigenvalue weighted by Crippen LogP contribution is 2.24. The molecule has 2 rings (SSSR count). The molecule has 2 unspecified atom stereocenters. The van der Waals surface area contributed by atoms with Gasteiger partial charge in [-0.05, 0) is 26.0 Å². The molecule has 0 bridgehead atoms. The van der Waals surface area contributed by atoms with Gasteiger partial charge in [0.05, 0.1) is 37.2 Å². The van der Waals surface area contributed by atoms with Crippen LogP contribution < -0.4 is 10.1 Å². The van der Waals surface area contributed by atoms with Gasteiger partial charge in [-0.3, -0.25) is 0 Å². The number of pyridine rings is 1. The first-order valence-electron chi connectivity index (χ1n) is 5.81. The minimum atomic E-state index is -0.484. The van der Waals surface area contributed by atoms with Crippen molar-refractivity contribution in [3.8, 4) is 5.88 Å². The van der Waals surface area contributed by atoms with E-state index in [9.17, 15) is 5.11 Å². The Balaban J connectivity index is 2.09. The van der Waals surface area contributed by atoms with Crippen LogP contribution in [0.15, 0.2) is 18.3 Å². The van der Waals surface area contributed by atoms with Crippen LogP contribution in [0.1, 0.15) is 13.8 Å². The zero-order chi connectivity index (χ0) is 12.3. The highest BCUT2D eigenvalue weighted by molar-refractivity contribution is 5.53. The number of hydrogen-bond donors (Lipinski definition) is 2. The van der Waals surface area contributed by atoms with Gasteiger partial charge in [-0.2, -0.15) is 0 Å². The van der Waals surface area contributed by atoms with Gasteiger partial charge in [-0.25, -0.2) is 4.98 Å². The Morgan fingerprint density at radius 2 is 2.35 bits per heavy atom. The quantitative estimate of drug-likeness (QED) is 0.820. The summed E-state index contributed by atoms with van der Waals surface area (Å²) in [5.74, 6) is 0.557. The van der Waals surface area contributed by atoms with Crippen molar-refractivity contribution >= 4 is 5.69 Å². The van der Waals surface area contributed by atoms with Crippen LogP contribution in [0.5, 0.6) is 5.88 Å². The Labute approximate surface area is 101 Å². The number of aromatic nitrogens is 1. The first-order chi connectivity index (χ1) is 8.16. The lowest BCUT2D eigenvalue weighted by molar-refractivity contribution is 0.125. The van der Waals surface area contributed by atoms with Crippen molar-refractivity contribution in [2.75, 3.05) is 18.5 Å². The Morgan fingerprint density at radius 1 is 1.53 bits per heavy atom. The minimum absolute atomic E-state index is 0.0650. The van der Waals surface area contributed by atoms with E-state index in [2.05, 4.69) is 10.3 Å². The molecule has 0 spiro atoms. The Kier molecular flexibility index (Phi) is 3.81. The van der Waals surface area contributed by atoms with Gasteiger partial charge in [0.25, 0.3) is 0 Å². The van der Waals surface area contributed by atoms with E-state index in [4.69, 9.17) is 9.47 Å². The summed E-state index contributed by atoms with van der Waals surface area (Å²) >= 11 is 0. The predicted octanol–water partition coefficient (Wildman–Crippen LogP) is 1.04. The van der Waals surface area contributed by atoms with Gasteiger partial charge in [0.2, 0.25) is 5.88 Å². The molecule has 5 heteroatoms. The number of aliphatic hydroxyl groups excluding tert-OH is 1. The van der Waals surface area contributed by atoms with Gasteiger partial charge >= 0.3 is 0 Å². The molecule has 2 N–H and O–H groups in total.